The molecule has 2 saturated heterocycles. The van der Waals surface area contributed by atoms with Crippen molar-refractivity contribution in [2.75, 3.05) is 64.2 Å². The molecular weight excluding hydrogens is 599 g/mol. The van der Waals surface area contributed by atoms with Gasteiger partial charge in [-0.1, -0.05) is 59.6 Å². The van der Waals surface area contributed by atoms with Gasteiger partial charge in [-0.3, -0.25) is 19.8 Å². The van der Waals surface area contributed by atoms with Crippen molar-refractivity contribution in [2.24, 2.45) is 0 Å². The van der Waals surface area contributed by atoms with Crippen LogP contribution in [0.5, 0.6) is 0 Å². The Labute approximate surface area is 267 Å². The van der Waals surface area contributed by atoms with Crippen LogP contribution in [0.3, 0.4) is 0 Å². The highest BCUT2D eigenvalue weighted by Crippen LogP contribution is 2.42. The van der Waals surface area contributed by atoms with E-state index in [0.717, 1.165) is 45.3 Å². The number of halogens is 2. The smallest absolute Gasteiger partial charge is 0.151 e. The van der Waals surface area contributed by atoms with Crippen LogP contribution in [0.15, 0.2) is 48.8 Å². The number of likely N-dealkylation sites (tertiary alicyclic amines) is 2. The molecule has 0 amide bonds. The number of rotatable bonds is 9. The van der Waals surface area contributed by atoms with Gasteiger partial charge < -0.3 is 20.0 Å². The van der Waals surface area contributed by atoms with Gasteiger partial charge in [0.15, 0.2) is 11.6 Å². The topological polar surface area (TPSA) is 105 Å². The van der Waals surface area contributed by atoms with E-state index in [-0.39, 0.29) is 12.2 Å². The molecular formula is C32H36Cl2N8O2. The maximum Gasteiger partial charge on any atom is 0.151 e. The molecule has 2 aromatic carbocycles. The first-order chi connectivity index (χ1) is 21.1. The van der Waals surface area contributed by atoms with E-state index in [1.165, 1.54) is 0 Å². The lowest BCUT2D eigenvalue weighted by atomic mass is 9.98. The lowest BCUT2D eigenvalue weighted by Crippen LogP contribution is -2.50. The van der Waals surface area contributed by atoms with E-state index in [0.29, 0.717) is 60.7 Å². The van der Waals surface area contributed by atoms with Gasteiger partial charge in [-0.2, -0.15) is 0 Å². The molecule has 10 nitrogen and oxygen atoms in total. The summed E-state index contributed by atoms with van der Waals surface area (Å²) in [6.45, 7) is 3.79. The van der Waals surface area contributed by atoms with Gasteiger partial charge in [0, 0.05) is 89.7 Å². The molecule has 0 bridgehead atoms. The van der Waals surface area contributed by atoms with Crippen molar-refractivity contribution in [3.63, 3.8) is 0 Å². The van der Waals surface area contributed by atoms with Crippen molar-refractivity contribution in [3.8, 4) is 33.6 Å². The number of aliphatic hydroxyl groups is 2. The van der Waals surface area contributed by atoms with Crippen molar-refractivity contribution in [1.29, 1.82) is 0 Å². The number of anilines is 2. The van der Waals surface area contributed by atoms with Gasteiger partial charge in [-0.05, 0) is 0 Å². The van der Waals surface area contributed by atoms with E-state index in [1.54, 1.807) is 12.4 Å². The quantitative estimate of drug-likeness (QED) is 0.280. The number of β-amino-alcohol motifs (C(OH)–C–C–N with tert-alkyl or cyclic N) is 2. The minimum atomic E-state index is -0.274. The lowest BCUT2D eigenvalue weighted by Gasteiger charge is -2.36. The Hall–Kier alpha value is -3.38. The van der Waals surface area contributed by atoms with Gasteiger partial charge in [-0.15, -0.1) is 0 Å². The highest BCUT2D eigenvalue weighted by Gasteiger charge is 2.28. The van der Waals surface area contributed by atoms with E-state index < -0.39 is 0 Å². The molecule has 0 atom stereocenters. The summed E-state index contributed by atoms with van der Waals surface area (Å²) >= 11 is 14.2. The van der Waals surface area contributed by atoms with Gasteiger partial charge in [-0.25, -0.2) is 9.97 Å². The molecule has 2 aromatic heterocycles. The van der Waals surface area contributed by atoms with Gasteiger partial charge in [0.2, 0.25) is 0 Å². The molecule has 0 saturated carbocycles. The van der Waals surface area contributed by atoms with Crippen LogP contribution in [0.25, 0.3) is 33.6 Å². The second-order valence-electron chi connectivity index (χ2n) is 11.9. The van der Waals surface area contributed by atoms with Gasteiger partial charge in [0.05, 0.1) is 57.4 Å². The fourth-order valence-corrected chi connectivity index (χ4v) is 6.30. The van der Waals surface area contributed by atoms with Gasteiger partial charge >= 0.3 is 0 Å². The molecule has 12 heteroatoms. The molecule has 4 aromatic rings. The first-order valence-corrected chi connectivity index (χ1v) is 15.3. The minimum absolute atomic E-state index is 0.274. The Balaban J connectivity index is 1.33. The second kappa shape index (κ2) is 12.5. The van der Waals surface area contributed by atoms with E-state index in [1.807, 2.05) is 74.4 Å². The number of benzene rings is 2. The van der Waals surface area contributed by atoms with Crippen LogP contribution in [0.1, 0.15) is 11.4 Å². The fourth-order valence-electron chi connectivity index (χ4n) is 5.65. The standard InChI is InChI=1S/C32H36Cl2N8O2/c1-39(2)31-27(17-41-13-19(43)14-41)35-11-25(37-31)23-9-5-7-21(29(23)33)22-8-6-10-24(30(22)34)26-12-36-28(32(38-26)40(3)4)18-42-15-20(44)16-42/h5-12,19-20,43-44H,13-18H2,1-4H3. The highest BCUT2D eigenvalue weighted by atomic mass is 35.5. The molecule has 6 rings (SSSR count). The van der Waals surface area contributed by atoms with Crippen molar-refractivity contribution in [2.45, 2.75) is 25.3 Å². The molecule has 4 heterocycles. The predicted octanol–water partition coefficient (Wildman–Crippen LogP) is 4.06. The average Bonchev–Trinajstić information content (AvgIpc) is 2.96. The zero-order valence-electron chi connectivity index (χ0n) is 25.2. The van der Waals surface area contributed by atoms with Crippen LogP contribution in [0, 0.1) is 0 Å². The maximum absolute atomic E-state index is 9.68. The summed E-state index contributed by atoms with van der Waals surface area (Å²) in [5.74, 6) is 1.52. The number of aromatic nitrogens is 4. The Bertz CT molecular complexity index is 1550. The second-order valence-corrected chi connectivity index (χ2v) is 12.6. The SMILES string of the molecule is CN(C)c1nc(-c2cccc(-c3cccc(-c4cnc(CN5CC(O)C5)c(N(C)C)n4)c3Cl)c2Cl)cnc1CN1CC(O)C1. The molecule has 0 radical (unpaired) electrons. The van der Waals surface area contributed by atoms with E-state index in [4.69, 9.17) is 43.1 Å². The highest BCUT2D eigenvalue weighted by molar-refractivity contribution is 6.39. The number of hydrogen-bond donors (Lipinski definition) is 2. The first kappa shape index (κ1) is 30.6. The van der Waals surface area contributed by atoms with Gasteiger partial charge in [0.25, 0.3) is 0 Å². The van der Waals surface area contributed by atoms with E-state index in [2.05, 4.69) is 9.80 Å². The van der Waals surface area contributed by atoms with Crippen LogP contribution in [0.4, 0.5) is 11.6 Å². The van der Waals surface area contributed by atoms with Crippen LogP contribution >= 0.6 is 23.2 Å². The van der Waals surface area contributed by atoms with Crippen LogP contribution < -0.4 is 9.80 Å². The Morgan fingerprint density at radius 2 is 1.02 bits per heavy atom. The summed E-state index contributed by atoms with van der Waals surface area (Å²) < 4.78 is 0. The number of nitrogens with zero attached hydrogens (tertiary/aromatic N) is 8. The zero-order valence-corrected chi connectivity index (χ0v) is 26.8. The van der Waals surface area contributed by atoms with Crippen molar-refractivity contribution >= 4 is 34.8 Å². The van der Waals surface area contributed by atoms with Gasteiger partial charge in [0.1, 0.15) is 0 Å². The monoisotopic (exact) mass is 634 g/mol. The number of aliphatic hydroxyl groups excluding tert-OH is 2. The van der Waals surface area contributed by atoms with Crippen molar-refractivity contribution in [1.82, 2.24) is 29.7 Å². The van der Waals surface area contributed by atoms with E-state index in [9.17, 15) is 10.2 Å². The van der Waals surface area contributed by atoms with Crippen LogP contribution in [-0.2, 0) is 13.1 Å². The predicted molar refractivity (Wildman–Crippen MR) is 175 cm³/mol. The zero-order chi connectivity index (χ0) is 31.1. The third-order valence-electron chi connectivity index (χ3n) is 7.96. The Morgan fingerprint density at radius 3 is 1.36 bits per heavy atom. The summed E-state index contributed by atoms with van der Waals surface area (Å²) in [4.78, 5) is 27.6. The summed E-state index contributed by atoms with van der Waals surface area (Å²) in [6.07, 6.45) is 2.96. The largest absolute Gasteiger partial charge is 0.390 e. The molecule has 0 unspecified atom stereocenters. The third-order valence-corrected chi connectivity index (χ3v) is 8.78. The normalized spacial score (nSPS) is 16.1. The van der Waals surface area contributed by atoms with Crippen molar-refractivity contribution < 1.29 is 10.2 Å². The summed E-state index contributed by atoms with van der Waals surface area (Å²) in [5, 5.41) is 20.4. The van der Waals surface area contributed by atoms with Crippen LogP contribution in [0.2, 0.25) is 10.0 Å². The molecule has 230 valence electrons. The molecule has 0 aliphatic carbocycles. The molecule has 2 aliphatic heterocycles. The Kier molecular flexibility index (Phi) is 8.74. The third kappa shape index (κ3) is 6.10. The average molecular weight is 636 g/mol. The lowest BCUT2D eigenvalue weighted by molar-refractivity contribution is -0.00371. The summed E-state index contributed by atoms with van der Waals surface area (Å²) in [7, 11) is 7.77. The van der Waals surface area contributed by atoms with Crippen molar-refractivity contribution in [3.05, 3.63) is 70.2 Å². The molecule has 2 fully saturated rings. The molecule has 0 spiro atoms. The van der Waals surface area contributed by atoms with E-state index >= 15 is 0 Å². The minimum Gasteiger partial charge on any atom is -0.390 e. The number of hydrogen-bond acceptors (Lipinski definition) is 10. The summed E-state index contributed by atoms with van der Waals surface area (Å²) in [5.41, 5.74) is 6.07. The first-order valence-electron chi connectivity index (χ1n) is 14.5. The fraction of sp³-hybridized carbons (Fsp3) is 0.375. The summed E-state index contributed by atoms with van der Waals surface area (Å²) in [6, 6.07) is 11.6. The molecule has 2 N–H and O–H groups in total. The molecule has 44 heavy (non-hydrogen) atoms. The maximum atomic E-state index is 9.68. The Morgan fingerprint density at radius 1 is 0.659 bits per heavy atom. The molecule has 2 aliphatic rings. The van der Waals surface area contributed by atoms with Crippen LogP contribution in [-0.4, -0.2) is 107 Å².